The van der Waals surface area contributed by atoms with Gasteiger partial charge in [0.25, 0.3) is 0 Å². The number of hydrogen-bond donors (Lipinski definition) is 1. The van der Waals surface area contributed by atoms with E-state index in [9.17, 15) is 10.1 Å². The predicted molar refractivity (Wildman–Crippen MR) is 96.9 cm³/mol. The van der Waals surface area contributed by atoms with Crippen molar-refractivity contribution in [2.24, 2.45) is 5.73 Å². The van der Waals surface area contributed by atoms with Crippen LogP contribution < -0.4 is 5.73 Å². The third kappa shape index (κ3) is 2.87. The number of aromatic nitrogens is 1. The lowest BCUT2D eigenvalue weighted by Crippen LogP contribution is -2.25. The van der Waals surface area contributed by atoms with Gasteiger partial charge in [0.15, 0.2) is 0 Å². The summed E-state index contributed by atoms with van der Waals surface area (Å²) in [6.45, 7) is 3.55. The van der Waals surface area contributed by atoms with Crippen molar-refractivity contribution in [3.05, 3.63) is 63.3 Å². The highest BCUT2D eigenvalue weighted by atomic mass is 35.5. The van der Waals surface area contributed by atoms with Crippen LogP contribution in [-0.4, -0.2) is 18.1 Å². The minimum atomic E-state index is -0.813. The number of pyridine rings is 1. The van der Waals surface area contributed by atoms with Crippen LogP contribution in [-0.2, 0) is 14.3 Å². The molecule has 0 aliphatic carbocycles. The fourth-order valence-electron chi connectivity index (χ4n) is 3.04. The van der Waals surface area contributed by atoms with Crippen LogP contribution in [0.15, 0.2) is 47.1 Å². The van der Waals surface area contributed by atoms with E-state index in [0.29, 0.717) is 5.56 Å². The van der Waals surface area contributed by atoms with E-state index in [1.807, 2.05) is 31.2 Å². The van der Waals surface area contributed by atoms with Crippen molar-refractivity contribution in [1.29, 1.82) is 5.26 Å². The SMILES string of the molecule is COC(=O)C1=C(C)OC(N)=C(C#N)C1c1cc2ccc(C)cc2nc1Cl. The molecular weight excluding hydrogens is 354 g/mol. The Bertz CT molecular complexity index is 1030. The topological polar surface area (TPSA) is 98.2 Å². The van der Waals surface area contributed by atoms with Crippen molar-refractivity contribution < 1.29 is 14.3 Å². The fraction of sp³-hybridized carbons (Fsp3) is 0.211. The molecule has 2 heterocycles. The summed E-state index contributed by atoms with van der Waals surface area (Å²) in [6, 6.07) is 9.59. The zero-order valence-corrected chi connectivity index (χ0v) is 15.2. The van der Waals surface area contributed by atoms with E-state index in [0.717, 1.165) is 16.5 Å². The molecule has 26 heavy (non-hydrogen) atoms. The number of hydrogen-bond acceptors (Lipinski definition) is 6. The maximum absolute atomic E-state index is 12.4. The predicted octanol–water partition coefficient (Wildman–Crippen LogP) is 3.45. The van der Waals surface area contributed by atoms with Crippen molar-refractivity contribution in [1.82, 2.24) is 4.98 Å². The van der Waals surface area contributed by atoms with Gasteiger partial charge in [0, 0.05) is 10.9 Å². The van der Waals surface area contributed by atoms with Crippen molar-refractivity contribution in [3.8, 4) is 6.07 Å². The number of aryl methyl sites for hydroxylation is 1. The summed E-state index contributed by atoms with van der Waals surface area (Å²) in [4.78, 5) is 16.8. The van der Waals surface area contributed by atoms with Crippen molar-refractivity contribution in [2.45, 2.75) is 19.8 Å². The van der Waals surface area contributed by atoms with Crippen LogP contribution >= 0.6 is 11.6 Å². The molecule has 1 aliphatic rings. The van der Waals surface area contributed by atoms with E-state index in [2.05, 4.69) is 4.98 Å². The number of carbonyl (C=O) groups excluding carboxylic acids is 1. The minimum absolute atomic E-state index is 0.0669. The van der Waals surface area contributed by atoms with Crippen LogP contribution in [0.3, 0.4) is 0 Å². The average Bonchev–Trinajstić information content (AvgIpc) is 2.60. The lowest BCUT2D eigenvalue weighted by molar-refractivity contribution is -0.136. The van der Waals surface area contributed by atoms with Gasteiger partial charge in [-0.2, -0.15) is 5.26 Å². The molecule has 132 valence electrons. The second-order valence-electron chi connectivity index (χ2n) is 5.95. The van der Waals surface area contributed by atoms with Crippen LogP contribution in [0.1, 0.15) is 24.0 Å². The second kappa shape index (κ2) is 6.70. The van der Waals surface area contributed by atoms with Crippen molar-refractivity contribution in [3.63, 3.8) is 0 Å². The van der Waals surface area contributed by atoms with Gasteiger partial charge in [0.05, 0.1) is 24.1 Å². The summed E-state index contributed by atoms with van der Waals surface area (Å²) in [5.41, 5.74) is 8.41. The Morgan fingerprint density at radius 1 is 1.38 bits per heavy atom. The van der Waals surface area contributed by atoms with Crippen LogP contribution in [0.2, 0.25) is 5.15 Å². The highest BCUT2D eigenvalue weighted by Gasteiger charge is 2.37. The van der Waals surface area contributed by atoms with Gasteiger partial charge in [-0.15, -0.1) is 0 Å². The summed E-state index contributed by atoms with van der Waals surface area (Å²) in [5.74, 6) is -1.24. The van der Waals surface area contributed by atoms with E-state index >= 15 is 0 Å². The molecule has 0 amide bonds. The largest absolute Gasteiger partial charge is 0.466 e. The summed E-state index contributed by atoms with van der Waals surface area (Å²) >= 11 is 6.42. The molecule has 0 radical (unpaired) electrons. The Morgan fingerprint density at radius 2 is 2.12 bits per heavy atom. The first-order valence-electron chi connectivity index (χ1n) is 7.80. The number of ether oxygens (including phenoxy) is 2. The van der Waals surface area contributed by atoms with Gasteiger partial charge in [-0.3, -0.25) is 0 Å². The number of nitrogens with zero attached hydrogens (tertiary/aromatic N) is 2. The first kappa shape index (κ1) is 17.8. The first-order chi connectivity index (χ1) is 12.4. The van der Waals surface area contributed by atoms with E-state index in [-0.39, 0.29) is 27.9 Å². The summed E-state index contributed by atoms with van der Waals surface area (Å²) < 4.78 is 10.2. The molecule has 7 heteroatoms. The Labute approximate surface area is 155 Å². The van der Waals surface area contributed by atoms with E-state index < -0.39 is 11.9 Å². The van der Waals surface area contributed by atoms with Gasteiger partial charge in [0.1, 0.15) is 22.6 Å². The van der Waals surface area contributed by atoms with E-state index in [1.165, 1.54) is 7.11 Å². The van der Waals surface area contributed by atoms with Gasteiger partial charge in [0.2, 0.25) is 5.88 Å². The molecule has 6 nitrogen and oxygen atoms in total. The summed E-state index contributed by atoms with van der Waals surface area (Å²) in [7, 11) is 1.26. The maximum Gasteiger partial charge on any atom is 0.338 e. The molecule has 1 aliphatic heterocycles. The lowest BCUT2D eigenvalue weighted by atomic mass is 9.83. The Kier molecular flexibility index (Phi) is 4.58. The molecule has 0 bridgehead atoms. The van der Waals surface area contributed by atoms with E-state index in [1.54, 1.807) is 13.0 Å². The average molecular weight is 370 g/mol. The van der Waals surface area contributed by atoms with Gasteiger partial charge < -0.3 is 15.2 Å². The smallest absolute Gasteiger partial charge is 0.338 e. The zero-order valence-electron chi connectivity index (χ0n) is 14.5. The third-order valence-corrected chi connectivity index (χ3v) is 4.58. The highest BCUT2D eigenvalue weighted by Crippen LogP contribution is 2.42. The lowest BCUT2D eigenvalue weighted by Gasteiger charge is -2.27. The van der Waals surface area contributed by atoms with Crippen LogP contribution in [0.5, 0.6) is 0 Å². The van der Waals surface area contributed by atoms with E-state index in [4.69, 9.17) is 26.8 Å². The number of nitriles is 1. The van der Waals surface area contributed by atoms with Gasteiger partial charge >= 0.3 is 5.97 Å². The monoisotopic (exact) mass is 369 g/mol. The number of methoxy groups -OCH3 is 1. The first-order valence-corrected chi connectivity index (χ1v) is 8.18. The Morgan fingerprint density at radius 3 is 2.77 bits per heavy atom. The molecule has 2 aromatic rings. The number of rotatable bonds is 2. The number of halogens is 1. The molecule has 3 rings (SSSR count). The third-order valence-electron chi connectivity index (χ3n) is 4.28. The van der Waals surface area contributed by atoms with Gasteiger partial charge in [-0.05, 0) is 31.5 Å². The molecule has 0 saturated heterocycles. The molecule has 2 N–H and O–H groups in total. The van der Waals surface area contributed by atoms with Gasteiger partial charge in [-0.1, -0.05) is 23.7 Å². The minimum Gasteiger partial charge on any atom is -0.466 e. The number of allylic oxidation sites excluding steroid dienone is 2. The van der Waals surface area contributed by atoms with Crippen LogP contribution in [0, 0.1) is 18.3 Å². The molecule has 1 unspecified atom stereocenters. The van der Waals surface area contributed by atoms with Crippen LogP contribution in [0.4, 0.5) is 0 Å². The van der Waals surface area contributed by atoms with Crippen molar-refractivity contribution >= 4 is 28.5 Å². The van der Waals surface area contributed by atoms with Crippen LogP contribution in [0.25, 0.3) is 10.9 Å². The molecule has 0 spiro atoms. The molecule has 1 atom stereocenters. The quantitative estimate of drug-likeness (QED) is 0.643. The van der Waals surface area contributed by atoms with Crippen molar-refractivity contribution in [2.75, 3.05) is 7.11 Å². The van der Waals surface area contributed by atoms with Gasteiger partial charge in [-0.25, -0.2) is 9.78 Å². The molecule has 0 saturated carbocycles. The number of esters is 1. The second-order valence-corrected chi connectivity index (χ2v) is 6.31. The summed E-state index contributed by atoms with van der Waals surface area (Å²) in [5, 5.41) is 10.6. The normalized spacial score (nSPS) is 17.1. The molecule has 1 aromatic heterocycles. The molecule has 1 aromatic carbocycles. The highest BCUT2D eigenvalue weighted by molar-refractivity contribution is 6.30. The Balaban J connectivity index is 2.29. The number of benzene rings is 1. The maximum atomic E-state index is 12.4. The standard InChI is InChI=1S/C19H16ClN3O3/c1-9-4-5-11-7-12(17(20)23-14(11)6-9)16-13(8-21)18(22)26-10(2)15(16)19(24)25-3/h4-7,16H,22H2,1-3H3. The zero-order chi connectivity index (χ0) is 19.0. The number of nitrogens with two attached hydrogens (primary N) is 1. The Hall–Kier alpha value is -3.04. The molecular formula is C19H16ClN3O3. The molecule has 0 fully saturated rings. The number of carbonyl (C=O) groups is 1. The summed E-state index contributed by atoms with van der Waals surface area (Å²) in [6.07, 6.45) is 0. The number of fused-ring (bicyclic) bond motifs is 1. The fourth-order valence-corrected chi connectivity index (χ4v) is 3.29.